The first-order valence-electron chi connectivity index (χ1n) is 6.64. The molecule has 0 saturated heterocycles. The summed E-state index contributed by atoms with van der Waals surface area (Å²) >= 11 is 0. The van der Waals surface area contributed by atoms with Gasteiger partial charge in [-0.2, -0.15) is 0 Å². The Balaban J connectivity index is 1.86. The Bertz CT molecular complexity index is 444. The Kier molecular flexibility index (Phi) is 4.63. The van der Waals surface area contributed by atoms with Gasteiger partial charge >= 0.3 is 0 Å². The van der Waals surface area contributed by atoms with Crippen molar-refractivity contribution in [3.63, 3.8) is 0 Å². The van der Waals surface area contributed by atoms with E-state index >= 15 is 0 Å². The van der Waals surface area contributed by atoms with Crippen LogP contribution in [0.2, 0.25) is 0 Å². The summed E-state index contributed by atoms with van der Waals surface area (Å²) in [5, 5.41) is 2.91. The lowest BCUT2D eigenvalue weighted by molar-refractivity contribution is 0.0948. The van der Waals surface area contributed by atoms with Crippen LogP contribution in [-0.2, 0) is 0 Å². The quantitative estimate of drug-likeness (QED) is 0.845. The smallest absolute Gasteiger partial charge is 0.251 e. The van der Waals surface area contributed by atoms with Crippen LogP contribution >= 0.6 is 0 Å². The van der Waals surface area contributed by atoms with Crippen LogP contribution in [0, 0.1) is 0 Å². The number of hydrogen-bond acceptors (Lipinski definition) is 4. The minimum atomic E-state index is -0.0783. The molecule has 5 nitrogen and oxygen atoms in total. The molecule has 0 fully saturated rings. The number of ether oxygens (including phenoxy) is 2. The third-order valence-corrected chi connectivity index (χ3v) is 3.24. The van der Waals surface area contributed by atoms with E-state index in [0.29, 0.717) is 23.6 Å². The van der Waals surface area contributed by atoms with Crippen LogP contribution in [0.25, 0.3) is 0 Å². The van der Waals surface area contributed by atoms with Crippen LogP contribution in [0.15, 0.2) is 18.2 Å². The van der Waals surface area contributed by atoms with Gasteiger partial charge in [0.15, 0.2) is 11.5 Å². The van der Waals surface area contributed by atoms with E-state index in [4.69, 9.17) is 9.47 Å². The van der Waals surface area contributed by atoms with Gasteiger partial charge in [-0.1, -0.05) is 13.8 Å². The van der Waals surface area contributed by atoms with E-state index in [0.717, 1.165) is 19.6 Å². The number of carbonyl (C=O) groups is 1. The normalized spacial score (nSPS) is 12.8. The zero-order valence-corrected chi connectivity index (χ0v) is 11.4. The maximum Gasteiger partial charge on any atom is 0.251 e. The number of rotatable bonds is 6. The van der Waals surface area contributed by atoms with E-state index in [1.807, 2.05) is 0 Å². The third-order valence-electron chi connectivity index (χ3n) is 3.24. The average molecular weight is 264 g/mol. The lowest BCUT2D eigenvalue weighted by Gasteiger charge is -2.17. The van der Waals surface area contributed by atoms with Crippen LogP contribution in [0.4, 0.5) is 0 Å². The standard InChI is InChI=1S/C14H20N2O3/c1-3-16(4-2)8-7-15-14(17)11-5-6-12-13(9-11)19-10-18-12/h5-6,9H,3-4,7-8,10H2,1-2H3,(H,15,17). The van der Waals surface area contributed by atoms with Crippen LogP contribution in [-0.4, -0.2) is 43.8 Å². The average Bonchev–Trinajstić information content (AvgIpc) is 2.90. The summed E-state index contributed by atoms with van der Waals surface area (Å²) in [4.78, 5) is 14.2. The minimum absolute atomic E-state index is 0.0783. The fourth-order valence-corrected chi connectivity index (χ4v) is 2.01. The van der Waals surface area contributed by atoms with Crippen LogP contribution < -0.4 is 14.8 Å². The van der Waals surface area contributed by atoms with Gasteiger partial charge in [-0.3, -0.25) is 4.79 Å². The molecule has 0 aromatic heterocycles. The number of fused-ring (bicyclic) bond motifs is 1. The van der Waals surface area contributed by atoms with Crippen molar-refractivity contribution in [2.75, 3.05) is 33.0 Å². The van der Waals surface area contributed by atoms with Gasteiger partial charge in [0.05, 0.1) is 0 Å². The highest BCUT2D eigenvalue weighted by Gasteiger charge is 2.15. The van der Waals surface area contributed by atoms with E-state index in [9.17, 15) is 4.79 Å². The highest BCUT2D eigenvalue weighted by Crippen LogP contribution is 2.32. The van der Waals surface area contributed by atoms with E-state index in [2.05, 4.69) is 24.1 Å². The molecule has 5 heteroatoms. The number of nitrogens with one attached hydrogen (secondary N) is 1. The largest absolute Gasteiger partial charge is 0.454 e. The predicted octanol–water partition coefficient (Wildman–Crippen LogP) is 1.49. The molecule has 0 atom stereocenters. The molecule has 0 spiro atoms. The van der Waals surface area contributed by atoms with Crippen molar-refractivity contribution in [3.05, 3.63) is 23.8 Å². The summed E-state index contributed by atoms with van der Waals surface area (Å²) in [6.45, 7) is 7.96. The van der Waals surface area contributed by atoms with Crippen molar-refractivity contribution in [3.8, 4) is 11.5 Å². The van der Waals surface area contributed by atoms with E-state index in [1.54, 1.807) is 18.2 Å². The van der Waals surface area contributed by atoms with Crippen molar-refractivity contribution < 1.29 is 14.3 Å². The molecule has 1 amide bonds. The van der Waals surface area contributed by atoms with Crippen molar-refractivity contribution in [2.45, 2.75) is 13.8 Å². The Morgan fingerprint density at radius 2 is 2.00 bits per heavy atom. The van der Waals surface area contributed by atoms with Gasteiger partial charge in [0.25, 0.3) is 5.91 Å². The molecule has 1 heterocycles. The number of nitrogens with zero attached hydrogens (tertiary/aromatic N) is 1. The van der Waals surface area contributed by atoms with Crippen molar-refractivity contribution >= 4 is 5.91 Å². The summed E-state index contributed by atoms with van der Waals surface area (Å²) in [6, 6.07) is 5.23. The lowest BCUT2D eigenvalue weighted by atomic mass is 10.2. The van der Waals surface area contributed by atoms with E-state index in [1.165, 1.54) is 0 Å². The molecule has 1 N–H and O–H groups in total. The Morgan fingerprint density at radius 3 is 2.74 bits per heavy atom. The number of hydrogen-bond donors (Lipinski definition) is 1. The molecule has 0 saturated carbocycles. The molecule has 0 unspecified atom stereocenters. The highest BCUT2D eigenvalue weighted by molar-refractivity contribution is 5.94. The third kappa shape index (κ3) is 3.38. The van der Waals surface area contributed by atoms with Crippen LogP contribution in [0.5, 0.6) is 11.5 Å². The van der Waals surface area contributed by atoms with Crippen molar-refractivity contribution in [2.24, 2.45) is 0 Å². The zero-order chi connectivity index (χ0) is 13.7. The number of amides is 1. The van der Waals surface area contributed by atoms with Gasteiger partial charge in [-0.25, -0.2) is 0 Å². The fourth-order valence-electron chi connectivity index (χ4n) is 2.01. The SMILES string of the molecule is CCN(CC)CCNC(=O)c1ccc2c(c1)OCO2. The number of carbonyl (C=O) groups excluding carboxylic acids is 1. The molecule has 0 bridgehead atoms. The van der Waals surface area contributed by atoms with E-state index in [-0.39, 0.29) is 12.7 Å². The number of likely N-dealkylation sites (N-methyl/N-ethyl adjacent to an activating group) is 1. The van der Waals surface area contributed by atoms with Crippen molar-refractivity contribution in [1.29, 1.82) is 0 Å². The molecular weight excluding hydrogens is 244 g/mol. The fraction of sp³-hybridized carbons (Fsp3) is 0.500. The topological polar surface area (TPSA) is 50.8 Å². The first-order chi connectivity index (χ1) is 9.24. The van der Waals surface area contributed by atoms with Gasteiger partial charge in [0.2, 0.25) is 6.79 Å². The summed E-state index contributed by atoms with van der Waals surface area (Å²) in [5.41, 5.74) is 0.601. The molecule has 0 radical (unpaired) electrons. The molecule has 2 rings (SSSR count). The summed E-state index contributed by atoms with van der Waals surface area (Å²) in [6.07, 6.45) is 0. The lowest BCUT2D eigenvalue weighted by Crippen LogP contribution is -2.34. The first-order valence-corrected chi connectivity index (χ1v) is 6.64. The van der Waals surface area contributed by atoms with Crippen molar-refractivity contribution in [1.82, 2.24) is 10.2 Å². The molecule has 104 valence electrons. The van der Waals surface area contributed by atoms with Gasteiger partial charge in [-0.05, 0) is 31.3 Å². The minimum Gasteiger partial charge on any atom is -0.454 e. The second kappa shape index (κ2) is 6.43. The second-order valence-corrected chi connectivity index (χ2v) is 4.35. The zero-order valence-electron chi connectivity index (χ0n) is 11.4. The molecule has 1 aliphatic heterocycles. The Hall–Kier alpha value is -1.75. The first kappa shape index (κ1) is 13.7. The highest BCUT2D eigenvalue weighted by atomic mass is 16.7. The predicted molar refractivity (Wildman–Crippen MR) is 72.7 cm³/mol. The Labute approximate surface area is 113 Å². The molecule has 1 aliphatic rings. The monoisotopic (exact) mass is 264 g/mol. The molecule has 0 aliphatic carbocycles. The van der Waals surface area contributed by atoms with Gasteiger partial charge < -0.3 is 19.7 Å². The summed E-state index contributed by atoms with van der Waals surface area (Å²) in [5.74, 6) is 1.25. The Morgan fingerprint density at radius 1 is 1.26 bits per heavy atom. The maximum absolute atomic E-state index is 12.0. The molecular formula is C14H20N2O3. The van der Waals surface area contributed by atoms with Gasteiger partial charge in [0, 0.05) is 18.7 Å². The van der Waals surface area contributed by atoms with Gasteiger partial charge in [0.1, 0.15) is 0 Å². The van der Waals surface area contributed by atoms with Crippen LogP contribution in [0.1, 0.15) is 24.2 Å². The summed E-state index contributed by atoms with van der Waals surface area (Å²) in [7, 11) is 0. The molecule has 1 aromatic rings. The number of benzene rings is 1. The van der Waals surface area contributed by atoms with E-state index < -0.39 is 0 Å². The van der Waals surface area contributed by atoms with Gasteiger partial charge in [-0.15, -0.1) is 0 Å². The summed E-state index contributed by atoms with van der Waals surface area (Å²) < 4.78 is 10.5. The molecule has 1 aromatic carbocycles. The van der Waals surface area contributed by atoms with Crippen LogP contribution in [0.3, 0.4) is 0 Å². The second-order valence-electron chi connectivity index (χ2n) is 4.35. The molecule has 19 heavy (non-hydrogen) atoms. The maximum atomic E-state index is 12.0.